The fourth-order valence-electron chi connectivity index (χ4n) is 5.19. The molecule has 4 rings (SSSR count). The molecule has 1 N–H and O–H groups in total. The monoisotopic (exact) mass is 539 g/mol. The van der Waals surface area contributed by atoms with Crippen molar-refractivity contribution in [2.45, 2.75) is 69.7 Å². The summed E-state index contributed by atoms with van der Waals surface area (Å²) in [6.45, 7) is 7.73. The molecular formula is C29H41N5O3S. The highest BCUT2D eigenvalue weighted by Gasteiger charge is 2.27. The molecule has 0 aliphatic heterocycles. The van der Waals surface area contributed by atoms with E-state index in [-0.39, 0.29) is 22.8 Å². The van der Waals surface area contributed by atoms with Crippen LogP contribution in [0, 0.1) is 5.92 Å². The smallest absolute Gasteiger partial charge is 0.264 e. The van der Waals surface area contributed by atoms with Crippen LogP contribution >= 0.6 is 0 Å². The van der Waals surface area contributed by atoms with Crippen molar-refractivity contribution in [3.05, 3.63) is 48.3 Å². The molecule has 3 aromatic rings. The first-order chi connectivity index (χ1) is 17.9. The summed E-state index contributed by atoms with van der Waals surface area (Å²) in [5, 5.41) is 2.78. The van der Waals surface area contributed by atoms with Gasteiger partial charge in [0.2, 0.25) is 5.91 Å². The van der Waals surface area contributed by atoms with Gasteiger partial charge < -0.3 is 14.8 Å². The van der Waals surface area contributed by atoms with Gasteiger partial charge in [-0.1, -0.05) is 40.0 Å². The predicted molar refractivity (Wildman–Crippen MR) is 154 cm³/mol. The number of nitrogens with zero attached hydrogens (tertiary/aromatic N) is 4. The van der Waals surface area contributed by atoms with E-state index in [1.165, 1.54) is 48.5 Å². The maximum atomic E-state index is 13.4. The van der Waals surface area contributed by atoms with E-state index >= 15 is 0 Å². The Kier molecular flexibility index (Phi) is 8.18. The second-order valence-corrected chi connectivity index (χ2v) is 13.7. The summed E-state index contributed by atoms with van der Waals surface area (Å²) in [6, 6.07) is 12.0. The first kappa shape index (κ1) is 28.1. The second-order valence-electron chi connectivity index (χ2n) is 11.8. The minimum atomic E-state index is -3.80. The molecule has 8 nitrogen and oxygen atoms in total. The molecule has 1 aromatic heterocycles. The van der Waals surface area contributed by atoms with Gasteiger partial charge in [0.25, 0.3) is 10.0 Å². The summed E-state index contributed by atoms with van der Waals surface area (Å²) in [7, 11) is 1.39. The fourth-order valence-corrected chi connectivity index (χ4v) is 6.38. The quantitative estimate of drug-likeness (QED) is 0.423. The lowest BCUT2D eigenvalue weighted by atomic mass is 9.88. The maximum absolute atomic E-state index is 13.4. The fraction of sp³-hybridized carbons (Fsp3) is 0.517. The maximum Gasteiger partial charge on any atom is 0.264 e. The summed E-state index contributed by atoms with van der Waals surface area (Å²) in [5.74, 6) is 1.53. The van der Waals surface area contributed by atoms with Gasteiger partial charge >= 0.3 is 0 Å². The van der Waals surface area contributed by atoms with Crippen LogP contribution in [0.1, 0.15) is 58.7 Å². The Morgan fingerprint density at radius 3 is 2.29 bits per heavy atom. The number of imidazole rings is 1. The Labute approximate surface area is 227 Å². The SMILES string of the molecule is CN(C)CC(=O)Nc1ccc(S(=O)(=O)N(C)c2ccc3c(c2)nc(C(C)(C)C)n3CC2CCCCC2)cc1. The number of aromatic nitrogens is 2. The lowest BCUT2D eigenvalue weighted by molar-refractivity contribution is -0.116. The van der Waals surface area contributed by atoms with Crippen molar-refractivity contribution >= 4 is 38.3 Å². The van der Waals surface area contributed by atoms with Crippen LogP contribution < -0.4 is 9.62 Å². The molecule has 1 fully saturated rings. The van der Waals surface area contributed by atoms with Crippen LogP contribution in [0.2, 0.25) is 0 Å². The molecule has 38 heavy (non-hydrogen) atoms. The van der Waals surface area contributed by atoms with Crippen molar-refractivity contribution in [1.82, 2.24) is 14.5 Å². The Balaban J connectivity index is 1.60. The largest absolute Gasteiger partial charge is 0.327 e. The minimum Gasteiger partial charge on any atom is -0.327 e. The number of amides is 1. The average Bonchev–Trinajstić information content (AvgIpc) is 3.22. The number of rotatable bonds is 8. The molecule has 9 heteroatoms. The van der Waals surface area contributed by atoms with Gasteiger partial charge in [0.05, 0.1) is 28.2 Å². The molecule has 0 unspecified atom stereocenters. The molecule has 0 spiro atoms. The molecule has 1 saturated carbocycles. The number of fused-ring (bicyclic) bond motifs is 1. The van der Waals surface area contributed by atoms with E-state index in [9.17, 15) is 13.2 Å². The van der Waals surface area contributed by atoms with Crippen LogP contribution in [0.25, 0.3) is 11.0 Å². The van der Waals surface area contributed by atoms with E-state index in [1.807, 2.05) is 32.3 Å². The summed E-state index contributed by atoms with van der Waals surface area (Å²) >= 11 is 0. The summed E-state index contributed by atoms with van der Waals surface area (Å²) in [6.07, 6.45) is 6.41. The van der Waals surface area contributed by atoms with E-state index in [0.717, 1.165) is 23.4 Å². The zero-order valence-electron chi connectivity index (χ0n) is 23.5. The predicted octanol–water partition coefficient (Wildman–Crippen LogP) is 5.24. The molecule has 1 amide bonds. The van der Waals surface area contributed by atoms with Crippen molar-refractivity contribution in [2.75, 3.05) is 37.3 Å². The molecule has 206 valence electrons. The number of carbonyl (C=O) groups is 1. The zero-order chi connectivity index (χ0) is 27.7. The van der Waals surface area contributed by atoms with E-state index < -0.39 is 10.0 Å². The van der Waals surface area contributed by atoms with Gasteiger partial charge in [-0.05, 0) is 75.3 Å². The third kappa shape index (κ3) is 6.21. The van der Waals surface area contributed by atoms with Gasteiger partial charge in [-0.15, -0.1) is 0 Å². The average molecular weight is 540 g/mol. The first-order valence-electron chi connectivity index (χ1n) is 13.4. The Morgan fingerprint density at radius 1 is 1.03 bits per heavy atom. The third-order valence-electron chi connectivity index (χ3n) is 7.19. The topological polar surface area (TPSA) is 87.5 Å². The van der Waals surface area contributed by atoms with Crippen molar-refractivity contribution < 1.29 is 13.2 Å². The normalized spacial score (nSPS) is 15.2. The third-order valence-corrected chi connectivity index (χ3v) is 8.99. The Bertz CT molecular complexity index is 1380. The van der Waals surface area contributed by atoms with Crippen LogP contribution in [0.5, 0.6) is 0 Å². The standard InChI is InChI=1S/C29H41N5O3S/c1-29(2,3)28-31-25-18-23(14-17-26(25)34(28)19-21-10-8-7-9-11-21)33(6)38(36,37)24-15-12-22(13-16-24)30-27(35)20-32(4)5/h12-18,21H,7-11,19-20H2,1-6H3,(H,30,35). The highest BCUT2D eigenvalue weighted by atomic mass is 32.2. The van der Waals surface area contributed by atoms with Crippen molar-refractivity contribution in [2.24, 2.45) is 5.92 Å². The lowest BCUT2D eigenvalue weighted by Crippen LogP contribution is -2.27. The van der Waals surface area contributed by atoms with Crippen LogP contribution in [-0.2, 0) is 26.8 Å². The number of likely N-dealkylation sites (N-methyl/N-ethyl adjacent to an activating group) is 1. The highest BCUT2D eigenvalue weighted by molar-refractivity contribution is 7.92. The van der Waals surface area contributed by atoms with Gasteiger partial charge in [0.15, 0.2) is 0 Å². The number of benzene rings is 2. The van der Waals surface area contributed by atoms with E-state index in [4.69, 9.17) is 4.98 Å². The molecule has 1 aliphatic rings. The number of hydrogen-bond acceptors (Lipinski definition) is 5. The minimum absolute atomic E-state index is 0.129. The number of hydrogen-bond donors (Lipinski definition) is 1. The molecule has 1 aliphatic carbocycles. The Hall–Kier alpha value is -2.91. The molecule has 0 saturated heterocycles. The van der Waals surface area contributed by atoms with Crippen LogP contribution in [0.15, 0.2) is 47.4 Å². The molecule has 0 bridgehead atoms. The van der Waals surface area contributed by atoms with Crippen LogP contribution in [-0.4, -0.2) is 56.5 Å². The van der Waals surface area contributed by atoms with Crippen molar-refractivity contribution in [3.63, 3.8) is 0 Å². The van der Waals surface area contributed by atoms with Crippen molar-refractivity contribution in [1.29, 1.82) is 0 Å². The zero-order valence-corrected chi connectivity index (χ0v) is 24.3. The van der Waals surface area contributed by atoms with Crippen molar-refractivity contribution in [3.8, 4) is 0 Å². The number of carbonyl (C=O) groups excluding carboxylic acids is 1. The molecule has 0 radical (unpaired) electrons. The summed E-state index contributed by atoms with van der Waals surface area (Å²) in [5.41, 5.74) is 2.84. The van der Waals surface area contributed by atoms with E-state index in [1.54, 1.807) is 24.1 Å². The lowest BCUT2D eigenvalue weighted by Gasteiger charge is -2.26. The van der Waals surface area contributed by atoms with Crippen LogP contribution in [0.3, 0.4) is 0 Å². The molecule has 0 atom stereocenters. The second kappa shape index (κ2) is 11.1. The highest BCUT2D eigenvalue weighted by Crippen LogP contribution is 2.33. The van der Waals surface area contributed by atoms with Gasteiger partial charge in [-0.25, -0.2) is 13.4 Å². The van der Waals surface area contributed by atoms with Gasteiger partial charge in [0, 0.05) is 24.7 Å². The summed E-state index contributed by atoms with van der Waals surface area (Å²) in [4.78, 5) is 18.9. The van der Waals surface area contributed by atoms with Gasteiger partial charge in [-0.2, -0.15) is 0 Å². The van der Waals surface area contributed by atoms with E-state index in [2.05, 4.69) is 30.7 Å². The number of sulfonamides is 1. The number of nitrogens with one attached hydrogen (secondary N) is 1. The van der Waals surface area contributed by atoms with E-state index in [0.29, 0.717) is 17.3 Å². The summed E-state index contributed by atoms with van der Waals surface area (Å²) < 4.78 is 30.5. The number of anilines is 2. The van der Waals surface area contributed by atoms with Gasteiger partial charge in [0.1, 0.15) is 5.82 Å². The molecular weight excluding hydrogens is 498 g/mol. The molecule has 2 aromatic carbocycles. The van der Waals surface area contributed by atoms with Crippen LogP contribution in [0.4, 0.5) is 11.4 Å². The Morgan fingerprint density at radius 2 is 1.68 bits per heavy atom. The van der Waals surface area contributed by atoms with Gasteiger partial charge in [-0.3, -0.25) is 9.10 Å². The first-order valence-corrected chi connectivity index (χ1v) is 14.8. The molecule has 1 heterocycles.